The highest BCUT2D eigenvalue weighted by Gasteiger charge is 2.19. The van der Waals surface area contributed by atoms with Crippen molar-refractivity contribution in [1.29, 1.82) is 0 Å². The molecule has 17 heavy (non-hydrogen) atoms. The average molecular weight is 255 g/mol. The monoisotopic (exact) mass is 255 g/mol. The second kappa shape index (κ2) is 6.74. The second-order valence-electron chi connectivity index (χ2n) is 4.16. The van der Waals surface area contributed by atoms with Gasteiger partial charge in [-0.15, -0.1) is 0 Å². The van der Waals surface area contributed by atoms with Crippen molar-refractivity contribution >= 4 is 17.7 Å². The van der Waals surface area contributed by atoms with Crippen molar-refractivity contribution in [2.24, 2.45) is 0 Å². The molecule has 1 aromatic heterocycles. The van der Waals surface area contributed by atoms with Gasteiger partial charge in [-0.1, -0.05) is 6.92 Å². The molecule has 0 saturated heterocycles. The molecule has 0 aliphatic rings. The number of nitrogens with zero attached hydrogens (tertiary/aromatic N) is 1. The first-order chi connectivity index (χ1) is 8.06. The molecule has 3 nitrogen and oxygen atoms in total. The molecule has 0 radical (unpaired) electrons. The lowest BCUT2D eigenvalue weighted by atomic mass is 10.2. The van der Waals surface area contributed by atoms with E-state index >= 15 is 0 Å². The van der Waals surface area contributed by atoms with E-state index in [-0.39, 0.29) is 11.9 Å². The van der Waals surface area contributed by atoms with Gasteiger partial charge in [0.1, 0.15) is 5.76 Å². The molecule has 4 heteroatoms. The molecule has 1 rings (SSSR count). The van der Waals surface area contributed by atoms with Crippen molar-refractivity contribution in [2.45, 2.75) is 33.2 Å². The molecule has 0 fully saturated rings. The van der Waals surface area contributed by atoms with Gasteiger partial charge in [0, 0.05) is 13.1 Å². The summed E-state index contributed by atoms with van der Waals surface area (Å²) >= 11 is 1.90. The molecular formula is C13H21NO2S. The topological polar surface area (TPSA) is 33.5 Å². The largest absolute Gasteiger partial charge is 0.456 e. The Morgan fingerprint density at radius 2 is 2.24 bits per heavy atom. The molecule has 0 aromatic carbocycles. The lowest BCUT2D eigenvalue weighted by molar-refractivity contribution is 0.0708. The van der Waals surface area contributed by atoms with Gasteiger partial charge < -0.3 is 9.32 Å². The molecule has 1 atom stereocenters. The van der Waals surface area contributed by atoms with Crippen LogP contribution in [0.25, 0.3) is 0 Å². The van der Waals surface area contributed by atoms with Crippen molar-refractivity contribution in [1.82, 2.24) is 4.90 Å². The summed E-state index contributed by atoms with van der Waals surface area (Å²) in [4.78, 5) is 13.8. The predicted octanol–water partition coefficient (Wildman–Crippen LogP) is 3.19. The van der Waals surface area contributed by atoms with Crippen molar-refractivity contribution < 1.29 is 9.21 Å². The first-order valence-corrected chi connectivity index (χ1v) is 7.13. The zero-order valence-corrected chi connectivity index (χ0v) is 11.8. The van der Waals surface area contributed by atoms with Crippen molar-refractivity contribution in [2.75, 3.05) is 18.6 Å². The van der Waals surface area contributed by atoms with E-state index in [4.69, 9.17) is 4.42 Å². The lowest BCUT2D eigenvalue weighted by Crippen LogP contribution is -2.35. The summed E-state index contributed by atoms with van der Waals surface area (Å²) in [5.74, 6) is 3.39. The normalized spacial score (nSPS) is 12.5. The summed E-state index contributed by atoms with van der Waals surface area (Å²) in [6, 6.07) is 3.80. The van der Waals surface area contributed by atoms with Crippen LogP contribution in [0.5, 0.6) is 0 Å². The maximum absolute atomic E-state index is 12.1. The highest BCUT2D eigenvalue weighted by Crippen LogP contribution is 2.13. The van der Waals surface area contributed by atoms with Crippen LogP contribution < -0.4 is 0 Å². The van der Waals surface area contributed by atoms with Gasteiger partial charge in [-0.3, -0.25) is 4.79 Å². The minimum Gasteiger partial charge on any atom is -0.456 e. The summed E-state index contributed by atoms with van der Waals surface area (Å²) in [6.45, 7) is 6.07. The van der Waals surface area contributed by atoms with E-state index < -0.39 is 0 Å². The molecule has 0 saturated carbocycles. The highest BCUT2D eigenvalue weighted by molar-refractivity contribution is 7.99. The maximum Gasteiger partial charge on any atom is 0.289 e. The van der Waals surface area contributed by atoms with Gasteiger partial charge >= 0.3 is 0 Å². The molecule has 0 unspecified atom stereocenters. The van der Waals surface area contributed by atoms with Crippen LogP contribution in [0.1, 0.15) is 36.6 Å². The number of amides is 1. The zero-order chi connectivity index (χ0) is 12.8. The zero-order valence-electron chi connectivity index (χ0n) is 11.0. The van der Waals surface area contributed by atoms with E-state index in [1.807, 2.05) is 31.8 Å². The number of furan rings is 1. The summed E-state index contributed by atoms with van der Waals surface area (Å²) in [5.41, 5.74) is 0. The molecular weight excluding hydrogens is 234 g/mol. The van der Waals surface area contributed by atoms with Gasteiger partial charge in [0.05, 0.1) is 0 Å². The lowest BCUT2D eigenvalue weighted by Gasteiger charge is -2.23. The van der Waals surface area contributed by atoms with Gasteiger partial charge in [0.15, 0.2) is 5.76 Å². The molecule has 1 amide bonds. The van der Waals surface area contributed by atoms with E-state index in [9.17, 15) is 4.79 Å². The number of rotatable bonds is 6. The van der Waals surface area contributed by atoms with Gasteiger partial charge in [0.2, 0.25) is 0 Å². The Kier molecular flexibility index (Phi) is 5.62. The third-order valence-electron chi connectivity index (χ3n) is 2.82. The van der Waals surface area contributed by atoms with Crippen LogP contribution in [0.2, 0.25) is 0 Å². The molecule has 1 heterocycles. The average Bonchev–Trinajstić information content (AvgIpc) is 2.74. The number of carbonyl (C=O) groups excluding carboxylic acids is 1. The summed E-state index contributed by atoms with van der Waals surface area (Å²) in [6.07, 6.45) is 1.01. The quantitative estimate of drug-likeness (QED) is 0.732. The fourth-order valence-corrected chi connectivity index (χ4v) is 2.31. The van der Waals surface area contributed by atoms with E-state index in [0.717, 1.165) is 23.7 Å². The fraction of sp³-hybridized carbons (Fsp3) is 0.615. The SMILES string of the molecule is CCSCC[C@H](C)N(C)C(=O)c1ccc(C)o1. The number of hydrogen-bond acceptors (Lipinski definition) is 3. The van der Waals surface area contributed by atoms with Crippen LogP contribution in [0.3, 0.4) is 0 Å². The molecule has 0 bridgehead atoms. The molecule has 0 spiro atoms. The van der Waals surface area contributed by atoms with E-state index in [1.54, 1.807) is 11.0 Å². The minimum atomic E-state index is -0.0351. The van der Waals surface area contributed by atoms with Crippen molar-refractivity contribution in [3.63, 3.8) is 0 Å². The summed E-state index contributed by atoms with van der Waals surface area (Å²) in [7, 11) is 1.83. The first kappa shape index (κ1) is 14.2. The van der Waals surface area contributed by atoms with Crippen molar-refractivity contribution in [3.05, 3.63) is 23.7 Å². The summed E-state index contributed by atoms with van der Waals surface area (Å²) < 4.78 is 5.35. The second-order valence-corrected chi connectivity index (χ2v) is 5.55. The van der Waals surface area contributed by atoms with Crippen LogP contribution in [-0.2, 0) is 0 Å². The number of carbonyl (C=O) groups is 1. The Bertz CT molecular complexity index is 362. The Hall–Kier alpha value is -0.900. The third-order valence-corrected chi connectivity index (χ3v) is 3.75. The van der Waals surface area contributed by atoms with Crippen LogP contribution in [0.15, 0.2) is 16.5 Å². The van der Waals surface area contributed by atoms with Crippen LogP contribution in [0, 0.1) is 6.92 Å². The van der Waals surface area contributed by atoms with E-state index in [0.29, 0.717) is 5.76 Å². The van der Waals surface area contributed by atoms with E-state index in [2.05, 4.69) is 13.8 Å². The number of aryl methyl sites for hydroxylation is 1. The Morgan fingerprint density at radius 3 is 2.76 bits per heavy atom. The maximum atomic E-state index is 12.1. The fourth-order valence-electron chi connectivity index (χ4n) is 1.52. The summed E-state index contributed by atoms with van der Waals surface area (Å²) in [5, 5.41) is 0. The predicted molar refractivity (Wildman–Crippen MR) is 72.6 cm³/mol. The van der Waals surface area contributed by atoms with Crippen LogP contribution in [-0.4, -0.2) is 35.4 Å². The number of thioether (sulfide) groups is 1. The molecule has 0 N–H and O–H groups in total. The first-order valence-electron chi connectivity index (χ1n) is 5.97. The molecule has 96 valence electrons. The minimum absolute atomic E-state index is 0.0351. The Balaban J connectivity index is 2.51. The Labute approximate surface area is 108 Å². The van der Waals surface area contributed by atoms with Gasteiger partial charge in [-0.2, -0.15) is 11.8 Å². The smallest absolute Gasteiger partial charge is 0.289 e. The standard InChI is InChI=1S/C13H21NO2S/c1-5-17-9-8-10(2)14(4)13(15)12-7-6-11(3)16-12/h6-7,10H,5,8-9H2,1-4H3/t10-/m0/s1. The van der Waals surface area contributed by atoms with Crippen LogP contribution >= 0.6 is 11.8 Å². The third kappa shape index (κ3) is 4.11. The van der Waals surface area contributed by atoms with Crippen LogP contribution in [0.4, 0.5) is 0 Å². The molecule has 1 aromatic rings. The van der Waals surface area contributed by atoms with E-state index in [1.165, 1.54) is 0 Å². The van der Waals surface area contributed by atoms with Gasteiger partial charge in [-0.05, 0) is 43.9 Å². The molecule has 0 aliphatic heterocycles. The van der Waals surface area contributed by atoms with Gasteiger partial charge in [0.25, 0.3) is 5.91 Å². The Morgan fingerprint density at radius 1 is 1.53 bits per heavy atom. The van der Waals surface area contributed by atoms with Crippen molar-refractivity contribution in [3.8, 4) is 0 Å². The molecule has 0 aliphatic carbocycles. The highest BCUT2D eigenvalue weighted by atomic mass is 32.2. The number of hydrogen-bond donors (Lipinski definition) is 0. The van der Waals surface area contributed by atoms with Gasteiger partial charge in [-0.25, -0.2) is 0 Å².